The minimum atomic E-state index is 0.728. The number of thiazole rings is 1. The van der Waals surface area contributed by atoms with Gasteiger partial charge in [-0.25, -0.2) is 4.98 Å². The number of hydrogen-bond donors (Lipinski definition) is 1. The fourth-order valence-corrected chi connectivity index (χ4v) is 3.88. The van der Waals surface area contributed by atoms with Gasteiger partial charge >= 0.3 is 0 Å². The summed E-state index contributed by atoms with van der Waals surface area (Å²) in [6.07, 6.45) is 2.17. The van der Waals surface area contributed by atoms with Crippen LogP contribution in [-0.2, 0) is 12.8 Å². The quantitative estimate of drug-likeness (QED) is 0.694. The van der Waals surface area contributed by atoms with Gasteiger partial charge in [-0.2, -0.15) is 0 Å². The van der Waals surface area contributed by atoms with Gasteiger partial charge in [0.05, 0.1) is 5.69 Å². The number of rotatable bonds is 2. The maximum Gasteiger partial charge on any atom is 0.187 e. The summed E-state index contributed by atoms with van der Waals surface area (Å²) < 4.78 is 0. The average Bonchev–Trinajstić information content (AvgIpc) is 2.90. The molecule has 1 aromatic heterocycles. The molecule has 104 valence electrons. The lowest BCUT2D eigenvalue weighted by Crippen LogP contribution is -2.01. The van der Waals surface area contributed by atoms with Crippen molar-refractivity contribution >= 4 is 33.8 Å². The molecule has 0 bridgehead atoms. The number of halogens is 1. The molecule has 0 radical (unpaired) electrons. The Morgan fingerprint density at radius 3 is 2.86 bits per heavy atom. The summed E-state index contributed by atoms with van der Waals surface area (Å²) >= 11 is 7.76. The van der Waals surface area contributed by atoms with Crippen LogP contribution < -0.4 is 5.32 Å². The van der Waals surface area contributed by atoms with Crippen molar-refractivity contribution in [2.24, 2.45) is 0 Å². The Hall–Kier alpha value is -1.84. The van der Waals surface area contributed by atoms with Crippen LogP contribution in [0.5, 0.6) is 0 Å². The monoisotopic (exact) mass is 312 g/mol. The standard InChI is InChI=1S/C17H13ClN2S/c18-12-5-3-6-13(10-12)19-17-20-16-14-7-2-1-4-11(14)8-9-15(16)21-17/h1-7,10H,8-9H2,(H,19,20). The summed E-state index contributed by atoms with van der Waals surface area (Å²) in [7, 11) is 0. The predicted molar refractivity (Wildman–Crippen MR) is 89.7 cm³/mol. The first kappa shape index (κ1) is 12.9. The molecule has 21 heavy (non-hydrogen) atoms. The summed E-state index contributed by atoms with van der Waals surface area (Å²) in [4.78, 5) is 6.14. The Balaban J connectivity index is 1.70. The van der Waals surface area contributed by atoms with Gasteiger partial charge in [-0.1, -0.05) is 41.9 Å². The van der Waals surface area contributed by atoms with Gasteiger partial charge in [-0.05, 0) is 36.6 Å². The van der Waals surface area contributed by atoms with E-state index < -0.39 is 0 Å². The minimum absolute atomic E-state index is 0.728. The van der Waals surface area contributed by atoms with E-state index >= 15 is 0 Å². The highest BCUT2D eigenvalue weighted by Crippen LogP contribution is 2.38. The molecule has 0 saturated carbocycles. The van der Waals surface area contributed by atoms with Crippen molar-refractivity contribution in [1.82, 2.24) is 4.98 Å². The topological polar surface area (TPSA) is 24.9 Å². The van der Waals surface area contributed by atoms with Crippen molar-refractivity contribution in [2.45, 2.75) is 12.8 Å². The van der Waals surface area contributed by atoms with Gasteiger partial charge in [-0.15, -0.1) is 11.3 Å². The summed E-state index contributed by atoms with van der Waals surface area (Å²) in [6.45, 7) is 0. The molecule has 0 spiro atoms. The summed E-state index contributed by atoms with van der Waals surface area (Å²) in [6, 6.07) is 16.3. The van der Waals surface area contributed by atoms with E-state index in [1.165, 1.54) is 16.0 Å². The van der Waals surface area contributed by atoms with Crippen LogP contribution in [0, 0.1) is 0 Å². The third kappa shape index (κ3) is 2.43. The Labute approximate surface area is 132 Å². The third-order valence-electron chi connectivity index (χ3n) is 3.67. The number of aryl methyl sites for hydroxylation is 2. The summed E-state index contributed by atoms with van der Waals surface area (Å²) in [5.41, 5.74) is 4.77. The zero-order chi connectivity index (χ0) is 14.2. The predicted octanol–water partition coefficient (Wildman–Crippen LogP) is 5.31. The number of aromatic nitrogens is 1. The van der Waals surface area contributed by atoms with Crippen LogP contribution >= 0.6 is 22.9 Å². The third-order valence-corrected chi connectivity index (χ3v) is 4.93. The number of hydrogen-bond acceptors (Lipinski definition) is 3. The molecule has 2 nitrogen and oxygen atoms in total. The largest absolute Gasteiger partial charge is 0.331 e. The highest BCUT2D eigenvalue weighted by Gasteiger charge is 2.20. The molecule has 0 saturated heterocycles. The average molecular weight is 313 g/mol. The van der Waals surface area contributed by atoms with Gasteiger partial charge < -0.3 is 5.32 Å². The number of benzene rings is 2. The Morgan fingerprint density at radius 1 is 1.05 bits per heavy atom. The first-order chi connectivity index (χ1) is 10.3. The zero-order valence-electron chi connectivity index (χ0n) is 11.3. The molecule has 0 atom stereocenters. The molecule has 4 heteroatoms. The van der Waals surface area contributed by atoms with Crippen molar-refractivity contribution < 1.29 is 0 Å². The Bertz CT molecular complexity index is 810. The van der Waals surface area contributed by atoms with E-state index in [1.54, 1.807) is 11.3 Å². The first-order valence-corrected chi connectivity index (χ1v) is 8.09. The second-order valence-electron chi connectivity index (χ2n) is 5.08. The number of fused-ring (bicyclic) bond motifs is 3. The van der Waals surface area contributed by atoms with E-state index in [0.29, 0.717) is 0 Å². The van der Waals surface area contributed by atoms with Crippen molar-refractivity contribution in [2.75, 3.05) is 5.32 Å². The van der Waals surface area contributed by atoms with Gasteiger partial charge in [0.15, 0.2) is 5.13 Å². The molecule has 2 aromatic carbocycles. The van der Waals surface area contributed by atoms with E-state index in [0.717, 1.165) is 34.4 Å². The maximum absolute atomic E-state index is 6.02. The molecular formula is C17H13ClN2S. The smallest absolute Gasteiger partial charge is 0.187 e. The van der Waals surface area contributed by atoms with Crippen LogP contribution in [0.2, 0.25) is 5.02 Å². The van der Waals surface area contributed by atoms with Crippen molar-refractivity contribution in [3.8, 4) is 11.3 Å². The van der Waals surface area contributed by atoms with Crippen molar-refractivity contribution in [1.29, 1.82) is 0 Å². The molecule has 1 heterocycles. The van der Waals surface area contributed by atoms with Gasteiger partial charge in [0.1, 0.15) is 0 Å². The molecule has 1 aliphatic rings. The van der Waals surface area contributed by atoms with Crippen LogP contribution in [0.25, 0.3) is 11.3 Å². The lowest BCUT2D eigenvalue weighted by Gasteiger charge is -2.13. The normalized spacial score (nSPS) is 12.6. The molecule has 0 fully saturated rings. The van der Waals surface area contributed by atoms with Crippen LogP contribution in [0.3, 0.4) is 0 Å². The van der Waals surface area contributed by atoms with Gasteiger partial charge in [0.2, 0.25) is 0 Å². The Morgan fingerprint density at radius 2 is 1.95 bits per heavy atom. The van der Waals surface area contributed by atoms with Crippen LogP contribution in [-0.4, -0.2) is 4.98 Å². The summed E-state index contributed by atoms with van der Waals surface area (Å²) in [5, 5.41) is 5.01. The van der Waals surface area contributed by atoms with Crippen molar-refractivity contribution in [3.05, 3.63) is 64.0 Å². The van der Waals surface area contributed by atoms with E-state index in [-0.39, 0.29) is 0 Å². The fourth-order valence-electron chi connectivity index (χ4n) is 2.69. The van der Waals surface area contributed by atoms with Gasteiger partial charge in [0.25, 0.3) is 0 Å². The number of anilines is 2. The highest BCUT2D eigenvalue weighted by atomic mass is 35.5. The first-order valence-electron chi connectivity index (χ1n) is 6.90. The number of nitrogens with one attached hydrogen (secondary N) is 1. The SMILES string of the molecule is Clc1cccc(Nc2nc3c(s2)CCc2ccccc2-3)c1. The molecular weight excluding hydrogens is 300 g/mol. The lowest BCUT2D eigenvalue weighted by atomic mass is 9.94. The highest BCUT2D eigenvalue weighted by molar-refractivity contribution is 7.16. The maximum atomic E-state index is 6.02. The van der Waals surface area contributed by atoms with Gasteiger partial charge in [-0.3, -0.25) is 0 Å². The fraction of sp³-hybridized carbons (Fsp3) is 0.118. The van der Waals surface area contributed by atoms with Crippen LogP contribution in [0.4, 0.5) is 10.8 Å². The molecule has 0 amide bonds. The molecule has 4 rings (SSSR count). The number of nitrogens with zero attached hydrogens (tertiary/aromatic N) is 1. The van der Waals surface area contributed by atoms with Gasteiger partial charge in [0, 0.05) is 21.2 Å². The lowest BCUT2D eigenvalue weighted by molar-refractivity contribution is 0.955. The molecule has 3 aromatic rings. The van der Waals surface area contributed by atoms with Crippen molar-refractivity contribution in [3.63, 3.8) is 0 Å². The van der Waals surface area contributed by atoms with E-state index in [4.69, 9.17) is 16.6 Å². The molecule has 0 aliphatic heterocycles. The zero-order valence-corrected chi connectivity index (χ0v) is 12.8. The Kier molecular flexibility index (Phi) is 3.17. The van der Waals surface area contributed by atoms with Crippen LogP contribution in [0.15, 0.2) is 48.5 Å². The summed E-state index contributed by atoms with van der Waals surface area (Å²) in [5.74, 6) is 0. The molecule has 0 unspecified atom stereocenters. The second kappa shape index (κ2) is 5.17. The van der Waals surface area contributed by atoms with E-state index in [1.807, 2.05) is 24.3 Å². The van der Waals surface area contributed by atoms with E-state index in [2.05, 4.69) is 29.6 Å². The van der Waals surface area contributed by atoms with Crippen LogP contribution in [0.1, 0.15) is 10.4 Å². The minimum Gasteiger partial charge on any atom is -0.331 e. The molecule has 1 aliphatic carbocycles. The molecule has 1 N–H and O–H groups in total. The van der Waals surface area contributed by atoms with E-state index in [9.17, 15) is 0 Å². The second-order valence-corrected chi connectivity index (χ2v) is 6.60.